The summed E-state index contributed by atoms with van der Waals surface area (Å²) in [7, 11) is 0. The van der Waals surface area contributed by atoms with Gasteiger partial charge in [0.1, 0.15) is 5.75 Å². The molecule has 1 aromatic heterocycles. The molecule has 3 N–H and O–H groups in total. The number of ether oxygens (including phenoxy) is 1. The van der Waals surface area contributed by atoms with E-state index in [4.69, 9.17) is 4.74 Å². The number of aromatic nitrogens is 3. The fourth-order valence-corrected chi connectivity index (χ4v) is 1.78. The van der Waals surface area contributed by atoms with Crippen LogP contribution < -0.4 is 21.4 Å². The van der Waals surface area contributed by atoms with E-state index < -0.39 is 11.4 Å². The maximum atomic E-state index is 11.1. The number of hydrogen-bond acceptors (Lipinski definition) is 6. The summed E-state index contributed by atoms with van der Waals surface area (Å²) in [5.74, 6) is 0.162. The van der Waals surface area contributed by atoms with Gasteiger partial charge in [0.05, 0.1) is 6.42 Å². The van der Waals surface area contributed by atoms with Crippen molar-refractivity contribution < 1.29 is 9.53 Å². The van der Waals surface area contributed by atoms with E-state index in [0.29, 0.717) is 11.4 Å². The summed E-state index contributed by atoms with van der Waals surface area (Å²) in [4.78, 5) is 41.1. The van der Waals surface area contributed by atoms with Crippen LogP contribution in [0.5, 0.6) is 5.75 Å². The summed E-state index contributed by atoms with van der Waals surface area (Å²) in [6.07, 6.45) is 0.246. The lowest BCUT2D eigenvalue weighted by Crippen LogP contribution is -2.25. The number of anilines is 2. The Hall–Kier alpha value is -2.90. The highest BCUT2D eigenvalue weighted by Gasteiger charge is 2.20. The van der Waals surface area contributed by atoms with Crippen molar-refractivity contribution in [3.63, 3.8) is 0 Å². The van der Waals surface area contributed by atoms with Crippen molar-refractivity contribution >= 4 is 17.6 Å². The second-order valence-corrected chi connectivity index (χ2v) is 3.94. The van der Waals surface area contributed by atoms with E-state index in [1.165, 1.54) is 0 Å². The van der Waals surface area contributed by atoms with E-state index in [1.807, 2.05) is 4.98 Å². The van der Waals surface area contributed by atoms with Crippen molar-refractivity contribution in [2.24, 2.45) is 0 Å². The molecule has 96 valence electrons. The van der Waals surface area contributed by atoms with Crippen LogP contribution in [0.4, 0.5) is 11.6 Å². The van der Waals surface area contributed by atoms with Gasteiger partial charge in [0.15, 0.2) is 0 Å². The SMILES string of the molecule is O=C1Cc2ccc(Nc3nc(=O)[nH]c(=O)[nH]3)cc2O1. The van der Waals surface area contributed by atoms with Gasteiger partial charge in [0.2, 0.25) is 5.95 Å². The summed E-state index contributed by atoms with van der Waals surface area (Å²) in [5.41, 5.74) is -0.0703. The molecular formula is C11H8N4O4. The Kier molecular flexibility index (Phi) is 2.41. The number of aromatic amines is 2. The zero-order valence-electron chi connectivity index (χ0n) is 9.52. The van der Waals surface area contributed by atoms with Gasteiger partial charge in [-0.25, -0.2) is 9.59 Å². The average Bonchev–Trinajstić information content (AvgIpc) is 2.67. The average molecular weight is 260 g/mol. The number of hydrogen-bond donors (Lipinski definition) is 3. The van der Waals surface area contributed by atoms with Crippen LogP contribution in [0.25, 0.3) is 0 Å². The minimum atomic E-state index is -0.751. The summed E-state index contributed by atoms with van der Waals surface area (Å²) in [6, 6.07) is 5.03. The Morgan fingerprint density at radius 1 is 1.21 bits per heavy atom. The van der Waals surface area contributed by atoms with Crippen LogP contribution in [0.1, 0.15) is 5.56 Å². The number of nitrogens with one attached hydrogen (secondary N) is 3. The van der Waals surface area contributed by atoms with Crippen LogP contribution in [0.2, 0.25) is 0 Å². The predicted molar refractivity (Wildman–Crippen MR) is 64.5 cm³/mol. The lowest BCUT2D eigenvalue weighted by atomic mass is 10.1. The highest BCUT2D eigenvalue weighted by atomic mass is 16.5. The molecule has 3 rings (SSSR count). The molecule has 19 heavy (non-hydrogen) atoms. The molecule has 1 aliphatic rings. The second-order valence-electron chi connectivity index (χ2n) is 3.94. The second kappa shape index (κ2) is 4.09. The van der Waals surface area contributed by atoms with Crippen LogP contribution in [0.3, 0.4) is 0 Å². The van der Waals surface area contributed by atoms with Gasteiger partial charge in [-0.05, 0) is 6.07 Å². The largest absolute Gasteiger partial charge is 0.426 e. The zero-order chi connectivity index (χ0) is 13.4. The molecule has 0 aliphatic carbocycles. The number of H-pyrrole nitrogens is 2. The van der Waals surface area contributed by atoms with Crippen molar-refractivity contribution in [1.29, 1.82) is 0 Å². The normalized spacial score (nSPS) is 12.9. The van der Waals surface area contributed by atoms with Gasteiger partial charge in [-0.2, -0.15) is 4.98 Å². The molecule has 0 amide bonds. The lowest BCUT2D eigenvalue weighted by Gasteiger charge is -2.05. The van der Waals surface area contributed by atoms with Crippen molar-refractivity contribution in [3.05, 3.63) is 44.7 Å². The maximum Gasteiger partial charge on any atom is 0.352 e. The first-order valence-corrected chi connectivity index (χ1v) is 5.41. The number of carbonyl (C=O) groups is 1. The van der Waals surface area contributed by atoms with Crippen LogP contribution in [-0.4, -0.2) is 20.9 Å². The van der Waals surface area contributed by atoms with E-state index in [1.54, 1.807) is 18.2 Å². The maximum absolute atomic E-state index is 11.1. The number of nitrogens with zero attached hydrogens (tertiary/aromatic N) is 1. The Bertz CT molecular complexity index is 749. The highest BCUT2D eigenvalue weighted by Crippen LogP contribution is 2.29. The molecule has 1 aliphatic heterocycles. The zero-order valence-corrected chi connectivity index (χ0v) is 9.52. The molecule has 0 fully saturated rings. The predicted octanol–water partition coefficient (Wildman–Crippen LogP) is -0.337. The molecule has 0 saturated carbocycles. The van der Waals surface area contributed by atoms with Gasteiger partial charge in [-0.3, -0.25) is 14.8 Å². The Labute approximate surface area is 105 Å². The molecule has 1 aromatic carbocycles. The standard InChI is InChI=1S/C11H8N4O4/c16-8-3-5-1-2-6(4-7(5)19-8)12-9-13-10(17)15-11(18)14-9/h1-2,4H,3H2,(H3,12,13,14,15,17,18). The number of rotatable bonds is 2. The van der Waals surface area contributed by atoms with E-state index in [-0.39, 0.29) is 18.3 Å². The molecule has 0 atom stereocenters. The summed E-state index contributed by atoms with van der Waals surface area (Å²) in [6.45, 7) is 0. The monoisotopic (exact) mass is 260 g/mol. The number of carbonyl (C=O) groups excluding carboxylic acids is 1. The van der Waals surface area contributed by atoms with E-state index >= 15 is 0 Å². The fraction of sp³-hybridized carbons (Fsp3) is 0.0909. The summed E-state index contributed by atoms with van der Waals surface area (Å²) < 4.78 is 4.99. The number of benzene rings is 1. The topological polar surface area (TPSA) is 117 Å². The molecule has 2 aromatic rings. The molecule has 8 nitrogen and oxygen atoms in total. The molecule has 0 unspecified atom stereocenters. The molecular weight excluding hydrogens is 252 g/mol. The van der Waals surface area contributed by atoms with Crippen LogP contribution in [0, 0.1) is 0 Å². The van der Waals surface area contributed by atoms with Gasteiger partial charge in [0, 0.05) is 17.3 Å². The highest BCUT2D eigenvalue weighted by molar-refractivity contribution is 5.82. The Morgan fingerprint density at radius 2 is 2.05 bits per heavy atom. The molecule has 0 radical (unpaired) electrons. The molecule has 0 spiro atoms. The minimum absolute atomic E-state index is 0.0121. The van der Waals surface area contributed by atoms with Crippen molar-refractivity contribution in [2.45, 2.75) is 6.42 Å². The van der Waals surface area contributed by atoms with E-state index in [9.17, 15) is 14.4 Å². The third-order valence-electron chi connectivity index (χ3n) is 2.55. The molecule has 8 heteroatoms. The van der Waals surface area contributed by atoms with Gasteiger partial charge in [0.25, 0.3) is 0 Å². The van der Waals surface area contributed by atoms with E-state index in [2.05, 4.69) is 15.3 Å². The molecule has 0 bridgehead atoms. The van der Waals surface area contributed by atoms with Crippen molar-refractivity contribution in [2.75, 3.05) is 5.32 Å². The Morgan fingerprint density at radius 3 is 2.84 bits per heavy atom. The van der Waals surface area contributed by atoms with Gasteiger partial charge >= 0.3 is 17.3 Å². The lowest BCUT2D eigenvalue weighted by molar-refractivity contribution is -0.131. The van der Waals surface area contributed by atoms with Crippen LogP contribution >= 0.6 is 0 Å². The number of fused-ring (bicyclic) bond motifs is 1. The summed E-state index contributed by atoms with van der Waals surface area (Å²) in [5, 5.41) is 2.75. The first-order valence-electron chi connectivity index (χ1n) is 5.41. The third-order valence-corrected chi connectivity index (χ3v) is 2.55. The van der Waals surface area contributed by atoms with Crippen molar-refractivity contribution in [3.8, 4) is 5.75 Å². The molecule has 2 heterocycles. The fourth-order valence-electron chi connectivity index (χ4n) is 1.78. The van der Waals surface area contributed by atoms with Gasteiger partial charge < -0.3 is 10.1 Å². The minimum Gasteiger partial charge on any atom is -0.426 e. The Balaban J connectivity index is 1.92. The van der Waals surface area contributed by atoms with E-state index in [0.717, 1.165) is 5.56 Å². The number of esters is 1. The van der Waals surface area contributed by atoms with Crippen molar-refractivity contribution in [1.82, 2.24) is 15.0 Å². The van der Waals surface area contributed by atoms with Gasteiger partial charge in [-0.15, -0.1) is 0 Å². The quantitative estimate of drug-likeness (QED) is 0.502. The smallest absolute Gasteiger partial charge is 0.352 e. The molecule has 0 saturated heterocycles. The van der Waals surface area contributed by atoms with Gasteiger partial charge in [-0.1, -0.05) is 6.07 Å². The van der Waals surface area contributed by atoms with Crippen LogP contribution in [0.15, 0.2) is 27.8 Å². The first kappa shape index (κ1) is 11.2. The summed E-state index contributed by atoms with van der Waals surface area (Å²) >= 11 is 0. The first-order chi connectivity index (χ1) is 9.10. The van der Waals surface area contributed by atoms with Crippen LogP contribution in [-0.2, 0) is 11.2 Å². The third kappa shape index (κ3) is 2.23.